The topological polar surface area (TPSA) is 49.8 Å². The fraction of sp³-hybridized carbons (Fsp3) is 0. The lowest BCUT2D eigenvalue weighted by Gasteiger charge is -1.98. The molecule has 0 saturated heterocycles. The zero-order chi connectivity index (χ0) is 8.97. The van der Waals surface area contributed by atoms with Crippen molar-refractivity contribution < 1.29 is 0 Å². The van der Waals surface area contributed by atoms with Gasteiger partial charge in [0.05, 0.1) is 6.07 Å². The molecule has 1 rings (SSSR count). The molecule has 60 valence electrons. The van der Waals surface area contributed by atoms with Crippen LogP contribution >= 0.6 is 11.6 Å². The molecule has 0 atom stereocenters. The van der Waals surface area contributed by atoms with E-state index in [1.54, 1.807) is 24.3 Å². The highest BCUT2D eigenvalue weighted by Gasteiger charge is 1.94. The summed E-state index contributed by atoms with van der Waals surface area (Å²) < 4.78 is 0. The molecular formula is C9H7ClN2. The Balaban J connectivity index is 3.07. The number of anilines is 1. The van der Waals surface area contributed by atoms with Crippen LogP contribution in [0.25, 0.3) is 6.08 Å². The van der Waals surface area contributed by atoms with Crippen molar-refractivity contribution in [1.29, 1.82) is 5.26 Å². The van der Waals surface area contributed by atoms with Gasteiger partial charge in [0.2, 0.25) is 0 Å². The summed E-state index contributed by atoms with van der Waals surface area (Å²) in [4.78, 5) is 0. The number of halogens is 1. The summed E-state index contributed by atoms with van der Waals surface area (Å²) in [6, 6.07) is 7.01. The zero-order valence-corrected chi connectivity index (χ0v) is 7.05. The molecule has 3 heteroatoms. The van der Waals surface area contributed by atoms with Crippen LogP contribution in [-0.4, -0.2) is 0 Å². The van der Waals surface area contributed by atoms with E-state index in [2.05, 4.69) is 0 Å². The fourth-order valence-corrected chi connectivity index (χ4v) is 0.998. The first-order valence-electron chi connectivity index (χ1n) is 3.35. The average Bonchev–Trinajstić information content (AvgIpc) is 2.07. The smallest absolute Gasteiger partial charge is 0.0912 e. The lowest BCUT2D eigenvalue weighted by molar-refractivity contribution is 1.53. The van der Waals surface area contributed by atoms with Gasteiger partial charge in [0.25, 0.3) is 0 Å². The van der Waals surface area contributed by atoms with E-state index in [0.29, 0.717) is 10.7 Å². The lowest BCUT2D eigenvalue weighted by atomic mass is 10.2. The molecule has 0 heterocycles. The molecule has 0 aliphatic heterocycles. The molecule has 0 amide bonds. The maximum atomic E-state index is 8.28. The van der Waals surface area contributed by atoms with Crippen LogP contribution in [0, 0.1) is 11.3 Å². The van der Waals surface area contributed by atoms with E-state index in [9.17, 15) is 0 Å². The highest BCUT2D eigenvalue weighted by Crippen LogP contribution is 2.18. The second kappa shape index (κ2) is 3.80. The van der Waals surface area contributed by atoms with Crippen molar-refractivity contribution in [3.63, 3.8) is 0 Å². The van der Waals surface area contributed by atoms with Gasteiger partial charge in [0.1, 0.15) is 0 Å². The lowest BCUT2D eigenvalue weighted by Crippen LogP contribution is -1.87. The molecule has 0 aromatic heterocycles. The monoisotopic (exact) mass is 178 g/mol. The maximum absolute atomic E-state index is 8.28. The number of hydrogen-bond acceptors (Lipinski definition) is 2. The minimum atomic E-state index is 0.613. The summed E-state index contributed by atoms with van der Waals surface area (Å²) in [5.74, 6) is 0. The largest absolute Gasteiger partial charge is 0.398 e. The first-order valence-corrected chi connectivity index (χ1v) is 3.73. The minimum Gasteiger partial charge on any atom is -0.398 e. The van der Waals surface area contributed by atoms with Gasteiger partial charge in [-0.15, -0.1) is 0 Å². The summed E-state index contributed by atoms with van der Waals surface area (Å²) in [5, 5.41) is 8.89. The van der Waals surface area contributed by atoms with Crippen LogP contribution in [0.15, 0.2) is 24.3 Å². The molecule has 0 aliphatic rings. The molecule has 0 aliphatic carbocycles. The molecule has 1 aromatic rings. The summed E-state index contributed by atoms with van der Waals surface area (Å²) >= 11 is 5.72. The van der Waals surface area contributed by atoms with Crippen molar-refractivity contribution in [2.24, 2.45) is 0 Å². The fourth-order valence-electron chi connectivity index (χ4n) is 0.817. The third-order valence-corrected chi connectivity index (χ3v) is 1.62. The molecule has 0 saturated carbocycles. The number of benzene rings is 1. The van der Waals surface area contributed by atoms with Gasteiger partial charge in [-0.05, 0) is 29.8 Å². The molecule has 1 aromatic carbocycles. The van der Waals surface area contributed by atoms with E-state index < -0.39 is 0 Å². The van der Waals surface area contributed by atoms with Gasteiger partial charge in [-0.25, -0.2) is 0 Å². The zero-order valence-electron chi connectivity index (χ0n) is 6.29. The van der Waals surface area contributed by atoms with Crippen LogP contribution in [-0.2, 0) is 0 Å². The van der Waals surface area contributed by atoms with Crippen LogP contribution in [0.1, 0.15) is 5.56 Å². The molecule has 0 radical (unpaired) electrons. The number of allylic oxidation sites excluding steroid dienone is 1. The van der Waals surface area contributed by atoms with Gasteiger partial charge < -0.3 is 5.73 Å². The van der Waals surface area contributed by atoms with Crippen LogP contribution in [0.2, 0.25) is 5.02 Å². The van der Waals surface area contributed by atoms with Crippen molar-refractivity contribution >= 4 is 23.4 Å². The van der Waals surface area contributed by atoms with Gasteiger partial charge in [0.15, 0.2) is 0 Å². The average molecular weight is 179 g/mol. The van der Waals surface area contributed by atoms with Gasteiger partial charge in [-0.2, -0.15) is 5.26 Å². The molecule has 0 bridgehead atoms. The summed E-state index contributed by atoms with van der Waals surface area (Å²) in [5.41, 5.74) is 7.00. The van der Waals surface area contributed by atoms with Gasteiger partial charge >= 0.3 is 0 Å². The van der Waals surface area contributed by atoms with E-state index in [1.807, 2.05) is 6.07 Å². The first-order chi connectivity index (χ1) is 5.74. The number of nitrogen functional groups attached to an aromatic ring is 1. The van der Waals surface area contributed by atoms with E-state index in [0.717, 1.165) is 5.56 Å². The van der Waals surface area contributed by atoms with E-state index in [-0.39, 0.29) is 0 Å². The predicted octanol–water partition coefficient (Wildman–Crippen LogP) is 2.46. The summed E-state index contributed by atoms with van der Waals surface area (Å²) in [7, 11) is 0. The highest BCUT2D eigenvalue weighted by atomic mass is 35.5. The van der Waals surface area contributed by atoms with Gasteiger partial charge in [-0.1, -0.05) is 11.6 Å². The van der Waals surface area contributed by atoms with E-state index >= 15 is 0 Å². The van der Waals surface area contributed by atoms with Crippen molar-refractivity contribution in [2.45, 2.75) is 0 Å². The number of nitrogens with zero attached hydrogens (tertiary/aromatic N) is 1. The Labute approximate surface area is 75.9 Å². The summed E-state index contributed by atoms with van der Waals surface area (Å²) in [6.07, 6.45) is 2.99. The normalized spacial score (nSPS) is 10.0. The third-order valence-electron chi connectivity index (χ3n) is 1.39. The first kappa shape index (κ1) is 8.63. The van der Waals surface area contributed by atoms with E-state index in [1.165, 1.54) is 6.08 Å². The van der Waals surface area contributed by atoms with Crippen molar-refractivity contribution in [1.82, 2.24) is 0 Å². The Bertz CT molecular complexity index is 350. The highest BCUT2D eigenvalue weighted by molar-refractivity contribution is 6.30. The van der Waals surface area contributed by atoms with Crippen LogP contribution in [0.3, 0.4) is 0 Å². The SMILES string of the molecule is N#CC=Cc1cc(Cl)ccc1N. The molecule has 0 unspecified atom stereocenters. The number of hydrogen-bond donors (Lipinski definition) is 1. The molecular weight excluding hydrogens is 172 g/mol. The Hall–Kier alpha value is -1.46. The second-order valence-electron chi connectivity index (χ2n) is 2.24. The van der Waals surface area contributed by atoms with Crippen molar-refractivity contribution in [3.8, 4) is 6.07 Å². The quantitative estimate of drug-likeness (QED) is 0.531. The predicted molar refractivity (Wildman–Crippen MR) is 50.5 cm³/mol. The van der Waals surface area contributed by atoms with Crippen LogP contribution in [0.5, 0.6) is 0 Å². The van der Waals surface area contributed by atoms with Crippen LogP contribution < -0.4 is 5.73 Å². The number of nitrogens with two attached hydrogens (primary N) is 1. The van der Waals surface area contributed by atoms with Crippen molar-refractivity contribution in [3.05, 3.63) is 34.9 Å². The Morgan fingerprint density at radius 3 is 2.92 bits per heavy atom. The molecule has 2 nitrogen and oxygen atoms in total. The number of rotatable bonds is 1. The Kier molecular flexibility index (Phi) is 2.73. The van der Waals surface area contributed by atoms with Gasteiger partial charge in [-0.3, -0.25) is 0 Å². The summed E-state index contributed by atoms with van der Waals surface area (Å²) in [6.45, 7) is 0. The molecule has 0 spiro atoms. The van der Waals surface area contributed by atoms with Gasteiger partial charge in [0, 0.05) is 16.8 Å². The second-order valence-corrected chi connectivity index (χ2v) is 2.67. The van der Waals surface area contributed by atoms with Crippen LogP contribution in [0.4, 0.5) is 5.69 Å². The number of nitriles is 1. The Morgan fingerprint density at radius 2 is 2.25 bits per heavy atom. The molecule has 12 heavy (non-hydrogen) atoms. The van der Waals surface area contributed by atoms with E-state index in [4.69, 9.17) is 22.6 Å². The minimum absolute atomic E-state index is 0.613. The maximum Gasteiger partial charge on any atom is 0.0912 e. The standard InChI is InChI=1S/C9H7ClN2/c10-8-3-4-9(12)7(6-8)2-1-5-11/h1-4,6H,12H2. The van der Waals surface area contributed by atoms with Crippen molar-refractivity contribution in [2.75, 3.05) is 5.73 Å². The Morgan fingerprint density at radius 1 is 1.50 bits per heavy atom. The molecule has 2 N–H and O–H groups in total. The molecule has 0 fully saturated rings. The third kappa shape index (κ3) is 2.01.